The smallest absolute Gasteiger partial charge is 0.250 e. The first-order valence-corrected chi connectivity index (χ1v) is 6.49. The summed E-state index contributed by atoms with van der Waals surface area (Å²) in [5.41, 5.74) is 7.83. The molecule has 2 heterocycles. The van der Waals surface area contributed by atoms with Crippen LogP contribution >= 0.6 is 0 Å². The molecule has 1 aromatic rings. The largest absolute Gasteiger partial charge is 0.398 e. The second-order valence-electron chi connectivity index (χ2n) is 4.95. The van der Waals surface area contributed by atoms with E-state index in [1.165, 1.54) is 11.6 Å². The van der Waals surface area contributed by atoms with Crippen molar-refractivity contribution in [3.8, 4) is 0 Å². The van der Waals surface area contributed by atoms with Gasteiger partial charge in [-0.05, 0) is 25.8 Å². The van der Waals surface area contributed by atoms with Gasteiger partial charge in [-0.2, -0.15) is 0 Å². The summed E-state index contributed by atoms with van der Waals surface area (Å²) in [6, 6.07) is 3.18. The van der Waals surface area contributed by atoms with E-state index < -0.39 is 0 Å². The molecule has 1 aliphatic heterocycles. The van der Waals surface area contributed by atoms with Crippen LogP contribution in [0.25, 0.3) is 0 Å². The number of hydrogen-bond donors (Lipinski definition) is 1. The van der Waals surface area contributed by atoms with Gasteiger partial charge in [0.1, 0.15) is 0 Å². The van der Waals surface area contributed by atoms with Crippen molar-refractivity contribution in [2.45, 2.75) is 26.3 Å². The van der Waals surface area contributed by atoms with Crippen LogP contribution < -0.4 is 11.3 Å². The Kier molecular flexibility index (Phi) is 4.20. The van der Waals surface area contributed by atoms with E-state index in [0.29, 0.717) is 5.69 Å². The summed E-state index contributed by atoms with van der Waals surface area (Å²) in [6.07, 6.45) is 6.16. The Hall–Kier alpha value is -1.55. The SMILES string of the molecule is CC1=CCN(CCCn2cc(N)ccc2=O)CC1. The Morgan fingerprint density at radius 1 is 1.33 bits per heavy atom. The first-order valence-electron chi connectivity index (χ1n) is 6.49. The molecule has 0 unspecified atom stereocenters. The molecule has 0 saturated heterocycles. The highest BCUT2D eigenvalue weighted by molar-refractivity contribution is 5.33. The van der Waals surface area contributed by atoms with Crippen LogP contribution in [0.1, 0.15) is 19.8 Å². The molecule has 4 nitrogen and oxygen atoms in total. The summed E-state index contributed by atoms with van der Waals surface area (Å²) in [4.78, 5) is 14.0. The highest BCUT2D eigenvalue weighted by Gasteiger charge is 2.08. The number of aromatic nitrogens is 1. The quantitative estimate of drug-likeness (QED) is 0.820. The third-order valence-electron chi connectivity index (χ3n) is 3.40. The zero-order valence-electron chi connectivity index (χ0n) is 10.9. The highest BCUT2D eigenvalue weighted by atomic mass is 16.1. The van der Waals surface area contributed by atoms with Gasteiger partial charge in [-0.15, -0.1) is 0 Å². The molecule has 2 rings (SSSR count). The highest BCUT2D eigenvalue weighted by Crippen LogP contribution is 2.09. The minimum Gasteiger partial charge on any atom is -0.398 e. The molecule has 0 atom stereocenters. The first-order chi connectivity index (χ1) is 8.65. The summed E-state index contributed by atoms with van der Waals surface area (Å²) in [7, 11) is 0. The third-order valence-corrected chi connectivity index (χ3v) is 3.40. The van der Waals surface area contributed by atoms with Crippen LogP contribution in [0.15, 0.2) is 34.8 Å². The van der Waals surface area contributed by atoms with Crippen molar-refractivity contribution in [1.29, 1.82) is 0 Å². The maximum absolute atomic E-state index is 11.6. The molecule has 18 heavy (non-hydrogen) atoms. The second kappa shape index (κ2) is 5.87. The second-order valence-corrected chi connectivity index (χ2v) is 4.95. The van der Waals surface area contributed by atoms with Gasteiger partial charge in [0.2, 0.25) is 0 Å². The molecule has 0 aromatic carbocycles. The van der Waals surface area contributed by atoms with Gasteiger partial charge in [-0.1, -0.05) is 11.6 Å². The molecule has 98 valence electrons. The fourth-order valence-corrected chi connectivity index (χ4v) is 2.21. The van der Waals surface area contributed by atoms with Crippen LogP contribution in [0.4, 0.5) is 5.69 Å². The van der Waals surface area contributed by atoms with Crippen molar-refractivity contribution in [2.75, 3.05) is 25.4 Å². The van der Waals surface area contributed by atoms with Crippen LogP contribution in [-0.2, 0) is 6.54 Å². The van der Waals surface area contributed by atoms with Gasteiger partial charge in [0.15, 0.2) is 0 Å². The Morgan fingerprint density at radius 3 is 2.89 bits per heavy atom. The van der Waals surface area contributed by atoms with Crippen molar-refractivity contribution < 1.29 is 0 Å². The molecule has 4 heteroatoms. The van der Waals surface area contributed by atoms with E-state index in [4.69, 9.17) is 5.73 Å². The summed E-state index contributed by atoms with van der Waals surface area (Å²) in [6.45, 7) is 6.13. The molecule has 0 fully saturated rings. The van der Waals surface area contributed by atoms with Crippen LogP contribution in [0.5, 0.6) is 0 Å². The molecule has 1 aromatic heterocycles. The molecular formula is C14H21N3O. The average Bonchev–Trinajstić information content (AvgIpc) is 2.36. The molecule has 0 aliphatic carbocycles. The Bertz CT molecular complexity index is 490. The van der Waals surface area contributed by atoms with Gasteiger partial charge in [0.05, 0.1) is 0 Å². The number of nitrogens with two attached hydrogens (primary N) is 1. The molecule has 0 bridgehead atoms. The number of rotatable bonds is 4. The van der Waals surface area contributed by atoms with E-state index in [1.807, 2.05) is 0 Å². The van der Waals surface area contributed by atoms with Gasteiger partial charge < -0.3 is 10.3 Å². The maximum Gasteiger partial charge on any atom is 0.250 e. The fourth-order valence-electron chi connectivity index (χ4n) is 2.21. The van der Waals surface area contributed by atoms with E-state index >= 15 is 0 Å². The monoisotopic (exact) mass is 247 g/mol. The number of aryl methyl sites for hydroxylation is 1. The Labute approximate surface area is 108 Å². The van der Waals surface area contributed by atoms with E-state index in [0.717, 1.165) is 39.0 Å². The normalized spacial score (nSPS) is 16.6. The molecule has 1 aliphatic rings. The molecule has 0 saturated carbocycles. The fraction of sp³-hybridized carbons (Fsp3) is 0.500. The van der Waals surface area contributed by atoms with Crippen molar-refractivity contribution in [2.24, 2.45) is 0 Å². The van der Waals surface area contributed by atoms with Crippen LogP contribution in [0, 0.1) is 0 Å². The average molecular weight is 247 g/mol. The van der Waals surface area contributed by atoms with Crippen LogP contribution in [0.2, 0.25) is 0 Å². The van der Waals surface area contributed by atoms with E-state index in [-0.39, 0.29) is 5.56 Å². The summed E-state index contributed by atoms with van der Waals surface area (Å²) in [5, 5.41) is 0. The minimum atomic E-state index is 0.0265. The molecular weight excluding hydrogens is 226 g/mol. The van der Waals surface area contributed by atoms with Crippen LogP contribution in [0.3, 0.4) is 0 Å². The standard InChI is InChI=1S/C14H21N3O/c1-12-5-9-16(10-6-12)7-2-8-17-11-13(15)3-4-14(17)18/h3-5,11H,2,6-10,15H2,1H3. The number of hydrogen-bond acceptors (Lipinski definition) is 3. The molecule has 0 spiro atoms. The number of anilines is 1. The lowest BCUT2D eigenvalue weighted by molar-refractivity contribution is 0.284. The lowest BCUT2D eigenvalue weighted by Crippen LogP contribution is -2.30. The van der Waals surface area contributed by atoms with Crippen molar-refractivity contribution in [3.63, 3.8) is 0 Å². The van der Waals surface area contributed by atoms with Crippen molar-refractivity contribution >= 4 is 5.69 Å². The predicted molar refractivity (Wildman–Crippen MR) is 74.5 cm³/mol. The summed E-state index contributed by atoms with van der Waals surface area (Å²) >= 11 is 0. The van der Waals surface area contributed by atoms with E-state index in [2.05, 4.69) is 17.9 Å². The maximum atomic E-state index is 11.6. The van der Waals surface area contributed by atoms with E-state index in [9.17, 15) is 4.79 Å². The Morgan fingerprint density at radius 2 is 2.17 bits per heavy atom. The predicted octanol–water partition coefficient (Wildman–Crippen LogP) is 1.47. The van der Waals surface area contributed by atoms with Crippen LogP contribution in [-0.4, -0.2) is 29.1 Å². The zero-order valence-corrected chi connectivity index (χ0v) is 10.9. The topological polar surface area (TPSA) is 51.3 Å². The molecule has 2 N–H and O–H groups in total. The van der Waals surface area contributed by atoms with Crippen molar-refractivity contribution in [3.05, 3.63) is 40.3 Å². The molecule has 0 amide bonds. The van der Waals surface area contributed by atoms with Gasteiger partial charge in [0, 0.05) is 44.1 Å². The first kappa shape index (κ1) is 12.9. The van der Waals surface area contributed by atoms with Gasteiger partial charge in [-0.3, -0.25) is 9.69 Å². The van der Waals surface area contributed by atoms with Gasteiger partial charge >= 0.3 is 0 Å². The lowest BCUT2D eigenvalue weighted by atomic mass is 10.1. The number of nitrogen functional groups attached to an aromatic ring is 1. The Balaban J connectivity index is 1.82. The number of nitrogens with zero attached hydrogens (tertiary/aromatic N) is 2. The zero-order chi connectivity index (χ0) is 13.0. The molecule has 0 radical (unpaired) electrons. The minimum absolute atomic E-state index is 0.0265. The van der Waals surface area contributed by atoms with Crippen molar-refractivity contribution in [1.82, 2.24) is 9.47 Å². The van der Waals surface area contributed by atoms with Gasteiger partial charge in [-0.25, -0.2) is 0 Å². The third kappa shape index (κ3) is 3.47. The summed E-state index contributed by atoms with van der Waals surface area (Å²) in [5.74, 6) is 0. The van der Waals surface area contributed by atoms with E-state index in [1.54, 1.807) is 16.8 Å². The number of pyridine rings is 1. The lowest BCUT2D eigenvalue weighted by Gasteiger charge is -2.25. The van der Waals surface area contributed by atoms with Gasteiger partial charge in [0.25, 0.3) is 5.56 Å². The summed E-state index contributed by atoms with van der Waals surface area (Å²) < 4.78 is 1.69.